The first-order chi connectivity index (χ1) is 15.6. The third-order valence-corrected chi connectivity index (χ3v) is 5.66. The molecule has 1 saturated heterocycles. The number of carbonyl (C=O) groups is 2. The van der Waals surface area contributed by atoms with Crippen LogP contribution in [0.2, 0.25) is 0 Å². The molecule has 6 nitrogen and oxygen atoms in total. The maximum Gasteiger partial charge on any atom is 0.255 e. The summed E-state index contributed by atoms with van der Waals surface area (Å²) in [4.78, 5) is 28.3. The minimum Gasteiger partial charge on any atom is -0.484 e. The van der Waals surface area contributed by atoms with Crippen LogP contribution in [0.1, 0.15) is 27.5 Å². The van der Waals surface area contributed by atoms with Gasteiger partial charge < -0.3 is 15.4 Å². The highest BCUT2D eigenvalue weighted by Gasteiger charge is 2.28. The van der Waals surface area contributed by atoms with E-state index in [-0.39, 0.29) is 18.6 Å². The number of primary amides is 1. The molecule has 32 heavy (non-hydrogen) atoms. The van der Waals surface area contributed by atoms with E-state index in [1.807, 2.05) is 17.0 Å². The topological polar surface area (TPSA) is 75.9 Å². The first kappa shape index (κ1) is 21.6. The van der Waals surface area contributed by atoms with Crippen molar-refractivity contribution in [2.24, 2.45) is 5.73 Å². The van der Waals surface area contributed by atoms with Crippen molar-refractivity contribution < 1.29 is 14.3 Å². The lowest BCUT2D eigenvalue weighted by Crippen LogP contribution is -2.49. The number of nitrogens with zero attached hydrogens (tertiary/aromatic N) is 2. The van der Waals surface area contributed by atoms with E-state index in [9.17, 15) is 9.59 Å². The molecular weight excluding hydrogens is 402 g/mol. The summed E-state index contributed by atoms with van der Waals surface area (Å²) in [5.74, 6) is -0.129. The molecule has 3 aromatic carbocycles. The second-order valence-corrected chi connectivity index (χ2v) is 7.83. The summed E-state index contributed by atoms with van der Waals surface area (Å²) >= 11 is 0. The van der Waals surface area contributed by atoms with Crippen molar-refractivity contribution >= 4 is 11.8 Å². The molecule has 0 unspecified atom stereocenters. The predicted octanol–water partition coefficient (Wildman–Crippen LogP) is 3.10. The van der Waals surface area contributed by atoms with Crippen molar-refractivity contribution in [2.45, 2.75) is 6.04 Å². The number of rotatable bonds is 7. The van der Waals surface area contributed by atoms with Gasteiger partial charge >= 0.3 is 0 Å². The van der Waals surface area contributed by atoms with E-state index in [0.717, 1.165) is 13.1 Å². The van der Waals surface area contributed by atoms with Crippen LogP contribution in [0.5, 0.6) is 5.75 Å². The number of hydrogen-bond acceptors (Lipinski definition) is 4. The number of piperazine rings is 1. The number of benzene rings is 3. The lowest BCUT2D eigenvalue weighted by Gasteiger charge is -2.39. The maximum atomic E-state index is 13.1. The molecule has 0 aliphatic carbocycles. The zero-order valence-electron chi connectivity index (χ0n) is 17.9. The average Bonchev–Trinajstić information content (AvgIpc) is 2.84. The average molecular weight is 430 g/mol. The van der Waals surface area contributed by atoms with Gasteiger partial charge in [0.1, 0.15) is 5.75 Å². The van der Waals surface area contributed by atoms with Gasteiger partial charge in [0, 0.05) is 31.7 Å². The van der Waals surface area contributed by atoms with Crippen LogP contribution in [0, 0.1) is 0 Å². The second kappa shape index (κ2) is 10.1. The Bertz CT molecular complexity index is 1010. The Labute approximate surface area is 188 Å². The molecule has 0 spiro atoms. The third-order valence-electron chi connectivity index (χ3n) is 5.66. The number of carbonyl (C=O) groups excluding carboxylic acids is 2. The van der Waals surface area contributed by atoms with Crippen LogP contribution < -0.4 is 10.5 Å². The van der Waals surface area contributed by atoms with E-state index < -0.39 is 5.91 Å². The summed E-state index contributed by atoms with van der Waals surface area (Å²) in [6, 6.07) is 28.0. The Hall–Kier alpha value is -3.64. The van der Waals surface area contributed by atoms with Crippen molar-refractivity contribution in [3.63, 3.8) is 0 Å². The largest absolute Gasteiger partial charge is 0.484 e. The van der Waals surface area contributed by atoms with Crippen LogP contribution in [0.25, 0.3) is 0 Å². The summed E-state index contributed by atoms with van der Waals surface area (Å²) in [7, 11) is 0. The van der Waals surface area contributed by atoms with Gasteiger partial charge in [0.05, 0.1) is 6.04 Å². The van der Waals surface area contributed by atoms with Crippen molar-refractivity contribution in [3.05, 3.63) is 102 Å². The highest BCUT2D eigenvalue weighted by molar-refractivity contribution is 5.94. The minimum absolute atomic E-state index is 0.0369. The minimum atomic E-state index is -0.552. The lowest BCUT2D eigenvalue weighted by molar-refractivity contribution is -0.119. The number of hydrogen-bond donors (Lipinski definition) is 1. The van der Waals surface area contributed by atoms with Gasteiger partial charge in [0.15, 0.2) is 6.61 Å². The monoisotopic (exact) mass is 429 g/mol. The molecule has 4 rings (SSSR count). The van der Waals surface area contributed by atoms with Gasteiger partial charge in [-0.2, -0.15) is 0 Å². The number of ether oxygens (including phenoxy) is 1. The van der Waals surface area contributed by atoms with Crippen LogP contribution in [-0.4, -0.2) is 54.4 Å². The molecule has 0 saturated carbocycles. The van der Waals surface area contributed by atoms with Gasteiger partial charge in [-0.05, 0) is 29.3 Å². The molecule has 2 amide bonds. The van der Waals surface area contributed by atoms with E-state index in [1.165, 1.54) is 11.1 Å². The standard InChI is InChI=1S/C26H27N3O3/c27-24(30)19-32-23-13-7-12-22(18-23)26(31)29-16-14-28(15-17-29)25(20-8-3-1-4-9-20)21-10-5-2-6-11-21/h1-13,18,25H,14-17,19H2,(H2,27,30). The summed E-state index contributed by atoms with van der Waals surface area (Å²) in [5.41, 5.74) is 8.17. The van der Waals surface area contributed by atoms with E-state index in [0.29, 0.717) is 24.4 Å². The molecule has 1 aliphatic rings. The third kappa shape index (κ3) is 5.15. The van der Waals surface area contributed by atoms with E-state index >= 15 is 0 Å². The zero-order chi connectivity index (χ0) is 22.3. The van der Waals surface area contributed by atoms with Crippen LogP contribution >= 0.6 is 0 Å². The number of nitrogens with two attached hydrogens (primary N) is 1. The summed E-state index contributed by atoms with van der Waals surface area (Å²) in [6.07, 6.45) is 0. The predicted molar refractivity (Wildman–Crippen MR) is 123 cm³/mol. The smallest absolute Gasteiger partial charge is 0.255 e. The van der Waals surface area contributed by atoms with E-state index in [2.05, 4.69) is 53.4 Å². The summed E-state index contributed by atoms with van der Waals surface area (Å²) in [6.45, 7) is 2.62. The second-order valence-electron chi connectivity index (χ2n) is 7.83. The van der Waals surface area contributed by atoms with Crippen LogP contribution in [0.3, 0.4) is 0 Å². The Balaban J connectivity index is 1.45. The molecule has 1 aliphatic heterocycles. The SMILES string of the molecule is NC(=O)COc1cccc(C(=O)N2CCN(C(c3ccccc3)c3ccccc3)CC2)c1. The Morgan fingerprint density at radius 3 is 1.97 bits per heavy atom. The lowest BCUT2D eigenvalue weighted by atomic mass is 9.96. The van der Waals surface area contributed by atoms with Gasteiger partial charge in [0.2, 0.25) is 0 Å². The van der Waals surface area contributed by atoms with Gasteiger partial charge in [-0.1, -0.05) is 66.7 Å². The molecule has 0 radical (unpaired) electrons. The van der Waals surface area contributed by atoms with E-state index in [4.69, 9.17) is 10.5 Å². The molecule has 2 N–H and O–H groups in total. The summed E-state index contributed by atoms with van der Waals surface area (Å²) < 4.78 is 5.34. The first-order valence-corrected chi connectivity index (χ1v) is 10.8. The quantitative estimate of drug-likeness (QED) is 0.626. The molecule has 164 valence electrons. The maximum absolute atomic E-state index is 13.1. The molecule has 1 fully saturated rings. The first-order valence-electron chi connectivity index (χ1n) is 10.8. The van der Waals surface area contributed by atoms with Gasteiger partial charge in [-0.15, -0.1) is 0 Å². The molecule has 3 aromatic rings. The van der Waals surface area contributed by atoms with Gasteiger partial charge in [-0.3, -0.25) is 14.5 Å². The molecular formula is C26H27N3O3. The fourth-order valence-corrected chi connectivity index (χ4v) is 4.12. The van der Waals surface area contributed by atoms with Crippen molar-refractivity contribution in [1.29, 1.82) is 0 Å². The normalized spacial score (nSPS) is 14.3. The van der Waals surface area contributed by atoms with E-state index in [1.54, 1.807) is 24.3 Å². The Kier molecular flexibility index (Phi) is 6.82. The molecule has 1 heterocycles. The van der Waals surface area contributed by atoms with Crippen molar-refractivity contribution in [2.75, 3.05) is 32.8 Å². The van der Waals surface area contributed by atoms with Crippen LogP contribution in [0.4, 0.5) is 0 Å². The fraction of sp³-hybridized carbons (Fsp3) is 0.231. The zero-order valence-corrected chi connectivity index (χ0v) is 17.9. The molecule has 0 atom stereocenters. The molecule has 6 heteroatoms. The van der Waals surface area contributed by atoms with Gasteiger partial charge in [0.25, 0.3) is 11.8 Å². The highest BCUT2D eigenvalue weighted by atomic mass is 16.5. The number of amides is 2. The van der Waals surface area contributed by atoms with Crippen LogP contribution in [-0.2, 0) is 4.79 Å². The van der Waals surface area contributed by atoms with Crippen molar-refractivity contribution in [1.82, 2.24) is 9.80 Å². The Morgan fingerprint density at radius 1 is 0.812 bits per heavy atom. The fourth-order valence-electron chi connectivity index (χ4n) is 4.12. The molecule has 0 bridgehead atoms. The van der Waals surface area contributed by atoms with Gasteiger partial charge in [-0.25, -0.2) is 0 Å². The van der Waals surface area contributed by atoms with Crippen molar-refractivity contribution in [3.8, 4) is 5.75 Å². The Morgan fingerprint density at radius 2 is 1.41 bits per heavy atom. The summed E-state index contributed by atoms with van der Waals surface area (Å²) in [5, 5.41) is 0. The highest BCUT2D eigenvalue weighted by Crippen LogP contribution is 2.29. The van der Waals surface area contributed by atoms with Crippen LogP contribution in [0.15, 0.2) is 84.9 Å². The molecule has 0 aromatic heterocycles.